The maximum absolute atomic E-state index is 12.6. The van der Waals surface area contributed by atoms with E-state index in [2.05, 4.69) is 11.9 Å². The lowest BCUT2D eigenvalue weighted by Crippen LogP contribution is -2.26. The lowest BCUT2D eigenvalue weighted by molar-refractivity contribution is 0.467. The number of hydrogen-bond donors (Lipinski definition) is 1. The third-order valence-electron chi connectivity index (χ3n) is 3.26. The topological polar surface area (TPSA) is 49.4 Å². The van der Waals surface area contributed by atoms with Crippen LogP contribution in [0.4, 0.5) is 5.69 Å². The minimum atomic E-state index is -3.49. The molecule has 5 heteroatoms. The van der Waals surface area contributed by atoms with Crippen molar-refractivity contribution in [1.82, 2.24) is 4.31 Å². The molecule has 0 saturated heterocycles. The van der Waals surface area contributed by atoms with Crippen LogP contribution in [0.3, 0.4) is 0 Å². The van der Waals surface area contributed by atoms with E-state index < -0.39 is 10.0 Å². The number of anilines is 1. The van der Waals surface area contributed by atoms with E-state index in [1.165, 1.54) is 4.31 Å². The van der Waals surface area contributed by atoms with Crippen molar-refractivity contribution in [2.75, 3.05) is 18.9 Å². The van der Waals surface area contributed by atoms with Crippen LogP contribution in [0.2, 0.25) is 0 Å². The third-order valence-corrected chi connectivity index (χ3v) is 5.08. The number of nitrogens with one attached hydrogen (secondary N) is 1. The highest BCUT2D eigenvalue weighted by Gasteiger charge is 2.20. The van der Waals surface area contributed by atoms with E-state index in [-0.39, 0.29) is 4.90 Å². The molecule has 0 heterocycles. The molecule has 0 aliphatic heterocycles. The Morgan fingerprint density at radius 1 is 1.09 bits per heavy atom. The van der Waals surface area contributed by atoms with Gasteiger partial charge in [0.25, 0.3) is 0 Å². The number of sulfonamides is 1. The van der Waals surface area contributed by atoms with E-state index in [0.29, 0.717) is 13.1 Å². The minimum absolute atomic E-state index is 0.287. The zero-order valence-electron chi connectivity index (χ0n) is 12.6. The van der Waals surface area contributed by atoms with E-state index >= 15 is 0 Å². The molecule has 4 nitrogen and oxygen atoms in total. The second-order valence-electron chi connectivity index (χ2n) is 4.94. The van der Waals surface area contributed by atoms with Gasteiger partial charge in [0.05, 0.1) is 4.90 Å². The molecule has 0 atom stereocenters. The van der Waals surface area contributed by atoms with Gasteiger partial charge in [-0.2, -0.15) is 4.31 Å². The van der Waals surface area contributed by atoms with Crippen LogP contribution in [-0.4, -0.2) is 26.3 Å². The molecule has 0 unspecified atom stereocenters. The fourth-order valence-corrected chi connectivity index (χ4v) is 3.20. The molecule has 2 rings (SSSR count). The first-order valence-electron chi connectivity index (χ1n) is 6.99. The van der Waals surface area contributed by atoms with Crippen LogP contribution >= 0.6 is 0 Å². The van der Waals surface area contributed by atoms with Crippen molar-refractivity contribution < 1.29 is 8.42 Å². The lowest BCUT2D eigenvalue weighted by Gasteiger charge is -2.17. The molecule has 0 bridgehead atoms. The molecule has 0 aromatic heterocycles. The van der Waals surface area contributed by atoms with E-state index in [9.17, 15) is 8.42 Å². The summed E-state index contributed by atoms with van der Waals surface area (Å²) in [6, 6.07) is 16.3. The average Bonchev–Trinajstić information content (AvgIpc) is 2.54. The maximum Gasteiger partial charge on any atom is 0.243 e. The van der Waals surface area contributed by atoms with Crippen LogP contribution in [-0.2, 0) is 16.6 Å². The number of nitrogens with zero attached hydrogens (tertiary/aromatic N) is 1. The Kier molecular flexibility index (Phi) is 5.35. The van der Waals surface area contributed by atoms with Crippen LogP contribution in [0.25, 0.3) is 0 Å². The van der Waals surface area contributed by atoms with E-state index in [4.69, 9.17) is 0 Å². The smallest absolute Gasteiger partial charge is 0.243 e. The van der Waals surface area contributed by atoms with Crippen LogP contribution in [0.1, 0.15) is 5.56 Å². The molecule has 0 fully saturated rings. The van der Waals surface area contributed by atoms with Crippen LogP contribution < -0.4 is 5.32 Å². The van der Waals surface area contributed by atoms with Crippen molar-refractivity contribution in [3.8, 4) is 0 Å². The first kappa shape index (κ1) is 16.3. The van der Waals surface area contributed by atoms with Gasteiger partial charge in [-0.3, -0.25) is 0 Å². The van der Waals surface area contributed by atoms with Gasteiger partial charge in [0.1, 0.15) is 0 Å². The zero-order chi connectivity index (χ0) is 16.0. The summed E-state index contributed by atoms with van der Waals surface area (Å²) in [5.41, 5.74) is 1.82. The number of benzene rings is 2. The summed E-state index contributed by atoms with van der Waals surface area (Å²) in [6.07, 6.45) is 1.75. The molecule has 0 saturated carbocycles. The Morgan fingerprint density at radius 3 is 2.32 bits per heavy atom. The largest absolute Gasteiger partial charge is 0.382 e. The van der Waals surface area contributed by atoms with Gasteiger partial charge in [-0.15, -0.1) is 6.58 Å². The van der Waals surface area contributed by atoms with Crippen LogP contribution in [0, 0.1) is 0 Å². The first-order chi connectivity index (χ1) is 10.5. The first-order valence-corrected chi connectivity index (χ1v) is 8.43. The highest BCUT2D eigenvalue weighted by atomic mass is 32.2. The highest BCUT2D eigenvalue weighted by molar-refractivity contribution is 7.89. The van der Waals surface area contributed by atoms with Crippen LogP contribution in [0.15, 0.2) is 72.1 Å². The zero-order valence-corrected chi connectivity index (χ0v) is 13.4. The normalized spacial score (nSPS) is 11.4. The maximum atomic E-state index is 12.6. The Morgan fingerprint density at radius 2 is 1.73 bits per heavy atom. The molecule has 0 aliphatic rings. The Bertz CT molecular complexity index is 710. The van der Waals surface area contributed by atoms with E-state index in [0.717, 1.165) is 11.3 Å². The van der Waals surface area contributed by atoms with Crippen molar-refractivity contribution in [3.63, 3.8) is 0 Å². The van der Waals surface area contributed by atoms with Gasteiger partial charge in [-0.05, 0) is 29.8 Å². The van der Waals surface area contributed by atoms with Crippen molar-refractivity contribution in [2.45, 2.75) is 11.4 Å². The molecular weight excluding hydrogens is 296 g/mol. The predicted molar refractivity (Wildman–Crippen MR) is 90.2 cm³/mol. The van der Waals surface area contributed by atoms with E-state index in [1.807, 2.05) is 30.3 Å². The fourth-order valence-electron chi connectivity index (χ4n) is 2.04. The Balaban J connectivity index is 2.13. The minimum Gasteiger partial charge on any atom is -0.382 e. The molecule has 0 aliphatic carbocycles. The van der Waals surface area contributed by atoms with Gasteiger partial charge in [-0.25, -0.2) is 8.42 Å². The van der Waals surface area contributed by atoms with Gasteiger partial charge in [0.2, 0.25) is 10.0 Å². The monoisotopic (exact) mass is 316 g/mol. The molecule has 0 amide bonds. The summed E-state index contributed by atoms with van der Waals surface area (Å²) in [5.74, 6) is 0. The summed E-state index contributed by atoms with van der Waals surface area (Å²) in [7, 11) is -1.90. The quantitative estimate of drug-likeness (QED) is 0.799. The van der Waals surface area contributed by atoms with Gasteiger partial charge >= 0.3 is 0 Å². The number of hydrogen-bond acceptors (Lipinski definition) is 3. The molecular formula is C17H20N2O2S. The molecule has 1 N–H and O–H groups in total. The Labute approximate surface area is 132 Å². The fraction of sp³-hybridized carbons (Fsp3) is 0.176. The van der Waals surface area contributed by atoms with Crippen molar-refractivity contribution in [1.29, 1.82) is 0 Å². The molecule has 2 aromatic carbocycles. The second kappa shape index (κ2) is 7.24. The van der Waals surface area contributed by atoms with Gasteiger partial charge in [0, 0.05) is 25.8 Å². The SMILES string of the molecule is C=CCNc1ccc(S(=O)(=O)N(C)Cc2ccccc2)cc1. The summed E-state index contributed by atoms with van der Waals surface area (Å²) in [4.78, 5) is 0.287. The van der Waals surface area contributed by atoms with Crippen molar-refractivity contribution >= 4 is 15.7 Å². The van der Waals surface area contributed by atoms with Crippen LogP contribution in [0.5, 0.6) is 0 Å². The molecule has 0 radical (unpaired) electrons. The molecule has 2 aromatic rings. The molecule has 0 spiro atoms. The van der Waals surface area contributed by atoms with Gasteiger partial charge < -0.3 is 5.32 Å². The average molecular weight is 316 g/mol. The summed E-state index contributed by atoms with van der Waals surface area (Å²) in [6.45, 7) is 4.62. The molecule has 116 valence electrons. The molecule has 22 heavy (non-hydrogen) atoms. The third kappa shape index (κ3) is 3.96. The summed E-state index contributed by atoms with van der Waals surface area (Å²) >= 11 is 0. The summed E-state index contributed by atoms with van der Waals surface area (Å²) < 4.78 is 26.5. The van der Waals surface area contributed by atoms with E-state index in [1.54, 1.807) is 37.4 Å². The summed E-state index contributed by atoms with van der Waals surface area (Å²) in [5, 5.41) is 3.12. The Hall–Kier alpha value is -2.11. The van der Waals surface area contributed by atoms with Crippen molar-refractivity contribution in [3.05, 3.63) is 72.8 Å². The van der Waals surface area contributed by atoms with Gasteiger partial charge in [-0.1, -0.05) is 36.4 Å². The van der Waals surface area contributed by atoms with Gasteiger partial charge in [0.15, 0.2) is 0 Å². The lowest BCUT2D eigenvalue weighted by atomic mass is 10.2. The van der Waals surface area contributed by atoms with Crippen molar-refractivity contribution in [2.24, 2.45) is 0 Å². The predicted octanol–water partition coefficient (Wildman–Crippen LogP) is 3.11. The second-order valence-corrected chi connectivity index (χ2v) is 6.99. The standard InChI is InChI=1S/C17H20N2O2S/c1-3-13-18-16-9-11-17(12-10-16)22(20,21)19(2)14-15-7-5-4-6-8-15/h3-12,18H,1,13-14H2,2H3. The number of rotatable bonds is 7. The highest BCUT2D eigenvalue weighted by Crippen LogP contribution is 2.19.